The third-order valence-electron chi connectivity index (χ3n) is 3.50. The highest BCUT2D eigenvalue weighted by Crippen LogP contribution is 2.23. The maximum Gasteiger partial charge on any atom is 0.270 e. The number of methoxy groups -OCH3 is 1. The average molecular weight is 354 g/mol. The Morgan fingerprint density at radius 2 is 1.96 bits per heavy atom. The summed E-state index contributed by atoms with van der Waals surface area (Å²) in [6, 6.07) is 10.3. The molecule has 7 heteroatoms. The molecule has 0 aliphatic carbocycles. The zero-order chi connectivity index (χ0) is 17.8. The van der Waals surface area contributed by atoms with Crippen molar-refractivity contribution in [3.05, 3.63) is 66.1 Å². The van der Waals surface area contributed by atoms with Gasteiger partial charge < -0.3 is 9.15 Å². The van der Waals surface area contributed by atoms with Crippen LogP contribution in [0.3, 0.4) is 0 Å². The lowest BCUT2D eigenvalue weighted by Crippen LogP contribution is -2.54. The Bertz CT molecular complexity index is 867. The van der Waals surface area contributed by atoms with Gasteiger partial charge in [0.15, 0.2) is 5.11 Å². The molecule has 0 spiro atoms. The maximum atomic E-state index is 12.7. The van der Waals surface area contributed by atoms with Crippen molar-refractivity contribution >= 4 is 40.9 Å². The molecule has 0 unspecified atom stereocenters. The number of nitrogens with one attached hydrogen (secondary N) is 1. The Labute approximate surface area is 149 Å². The molecule has 0 saturated carbocycles. The molecule has 2 aromatic rings. The number of hydrogen-bond acceptors (Lipinski definition) is 5. The molecule has 25 heavy (non-hydrogen) atoms. The first-order chi connectivity index (χ1) is 12.1. The van der Waals surface area contributed by atoms with Crippen molar-refractivity contribution in [2.75, 3.05) is 12.0 Å². The third kappa shape index (κ3) is 3.51. The van der Waals surface area contributed by atoms with E-state index < -0.39 is 11.8 Å². The molecule has 0 atom stereocenters. The minimum absolute atomic E-state index is 0.0211. The Morgan fingerprint density at radius 3 is 2.60 bits per heavy atom. The lowest BCUT2D eigenvalue weighted by atomic mass is 10.1. The Morgan fingerprint density at radius 1 is 1.20 bits per heavy atom. The van der Waals surface area contributed by atoms with E-state index in [-0.39, 0.29) is 10.7 Å². The number of furan rings is 1. The van der Waals surface area contributed by atoms with Crippen molar-refractivity contribution < 1.29 is 18.7 Å². The summed E-state index contributed by atoms with van der Waals surface area (Å²) in [5, 5.41) is 2.56. The van der Waals surface area contributed by atoms with Gasteiger partial charge in [-0.15, -0.1) is 0 Å². The Balaban J connectivity index is 1.88. The lowest BCUT2D eigenvalue weighted by molar-refractivity contribution is -0.122. The standard InChI is InChI=1S/C18H14N2O4S/c1-23-13-9-7-12(8-10-13)20-17(22)15(16(21)19-18(20)25)6-2-4-14-5-3-11-24-14/h2-11H,1H3,(H,19,21,25)/b4-2+,15-6-. The highest BCUT2D eigenvalue weighted by molar-refractivity contribution is 7.80. The molecule has 126 valence electrons. The van der Waals surface area contributed by atoms with E-state index in [1.54, 1.807) is 55.7 Å². The van der Waals surface area contributed by atoms with Gasteiger partial charge in [-0.3, -0.25) is 19.8 Å². The molecular formula is C18H14N2O4S. The van der Waals surface area contributed by atoms with Gasteiger partial charge in [-0.25, -0.2) is 0 Å². The molecule has 6 nitrogen and oxygen atoms in total. The smallest absolute Gasteiger partial charge is 0.270 e. The number of carbonyl (C=O) groups excluding carboxylic acids is 2. The van der Waals surface area contributed by atoms with E-state index in [0.29, 0.717) is 17.2 Å². The van der Waals surface area contributed by atoms with Crippen LogP contribution in [0.25, 0.3) is 6.08 Å². The Kier molecular flexibility index (Phi) is 4.76. The number of allylic oxidation sites excluding steroid dienone is 2. The summed E-state index contributed by atoms with van der Waals surface area (Å²) in [4.78, 5) is 26.1. The van der Waals surface area contributed by atoms with E-state index in [0.717, 1.165) is 0 Å². The molecule has 2 amide bonds. The van der Waals surface area contributed by atoms with Crippen LogP contribution in [-0.4, -0.2) is 24.0 Å². The summed E-state index contributed by atoms with van der Waals surface area (Å²) >= 11 is 5.14. The molecule has 1 aromatic heterocycles. The number of benzene rings is 1. The number of anilines is 1. The van der Waals surface area contributed by atoms with Crippen molar-refractivity contribution in [1.82, 2.24) is 5.32 Å². The van der Waals surface area contributed by atoms with Gasteiger partial charge in [0.2, 0.25) is 0 Å². The molecule has 1 fully saturated rings. The molecule has 3 rings (SSSR count). The van der Waals surface area contributed by atoms with E-state index in [1.807, 2.05) is 0 Å². The Hall–Kier alpha value is -3.19. The zero-order valence-electron chi connectivity index (χ0n) is 13.3. The summed E-state index contributed by atoms with van der Waals surface area (Å²) in [6.07, 6.45) is 6.19. The van der Waals surface area contributed by atoms with Crippen LogP contribution in [0.2, 0.25) is 0 Å². The van der Waals surface area contributed by atoms with Crippen molar-refractivity contribution in [2.45, 2.75) is 0 Å². The summed E-state index contributed by atoms with van der Waals surface area (Å²) < 4.78 is 10.3. The van der Waals surface area contributed by atoms with Crippen molar-refractivity contribution in [3.63, 3.8) is 0 Å². The van der Waals surface area contributed by atoms with Crippen LogP contribution in [0.4, 0.5) is 5.69 Å². The van der Waals surface area contributed by atoms with Crippen LogP contribution < -0.4 is 15.0 Å². The van der Waals surface area contributed by atoms with E-state index >= 15 is 0 Å². The second kappa shape index (κ2) is 7.14. The summed E-state index contributed by atoms with van der Waals surface area (Å²) in [6.45, 7) is 0. The fraction of sp³-hybridized carbons (Fsp3) is 0.0556. The van der Waals surface area contributed by atoms with E-state index in [9.17, 15) is 9.59 Å². The fourth-order valence-electron chi connectivity index (χ4n) is 2.27. The van der Waals surface area contributed by atoms with Crippen LogP contribution in [0.1, 0.15) is 5.76 Å². The van der Waals surface area contributed by atoms with Crippen LogP contribution >= 0.6 is 12.2 Å². The second-order valence-electron chi connectivity index (χ2n) is 5.05. The summed E-state index contributed by atoms with van der Waals surface area (Å²) in [5.41, 5.74) is 0.518. The summed E-state index contributed by atoms with van der Waals surface area (Å²) in [5.74, 6) is 0.232. The fourth-order valence-corrected chi connectivity index (χ4v) is 2.55. The number of nitrogens with zero attached hydrogens (tertiary/aromatic N) is 1. The number of amides is 2. The SMILES string of the molecule is COc1ccc(N2C(=O)/C(=C\C=C\c3ccco3)C(=O)NC2=S)cc1. The van der Waals surface area contributed by atoms with E-state index in [4.69, 9.17) is 21.4 Å². The summed E-state index contributed by atoms with van der Waals surface area (Å²) in [7, 11) is 1.55. The number of carbonyl (C=O) groups is 2. The number of thiocarbonyl (C=S) groups is 1. The minimum Gasteiger partial charge on any atom is -0.497 e. The van der Waals surface area contributed by atoms with Crippen molar-refractivity contribution in [2.24, 2.45) is 0 Å². The third-order valence-corrected chi connectivity index (χ3v) is 3.78. The van der Waals surface area contributed by atoms with Crippen LogP contribution in [0.15, 0.2) is 64.8 Å². The van der Waals surface area contributed by atoms with Gasteiger partial charge in [0.25, 0.3) is 11.8 Å². The van der Waals surface area contributed by atoms with Crippen molar-refractivity contribution in [1.29, 1.82) is 0 Å². The van der Waals surface area contributed by atoms with Gasteiger partial charge in [0.05, 0.1) is 19.1 Å². The molecule has 1 aliphatic rings. The molecule has 2 heterocycles. The average Bonchev–Trinajstić information content (AvgIpc) is 3.11. The van der Waals surface area contributed by atoms with Crippen LogP contribution in [0.5, 0.6) is 5.75 Å². The van der Waals surface area contributed by atoms with Gasteiger partial charge >= 0.3 is 0 Å². The van der Waals surface area contributed by atoms with Gasteiger partial charge in [0, 0.05) is 0 Å². The molecule has 1 aromatic carbocycles. The van der Waals surface area contributed by atoms with E-state index in [1.165, 1.54) is 17.2 Å². The van der Waals surface area contributed by atoms with Gasteiger partial charge in [-0.1, -0.05) is 6.08 Å². The molecule has 1 aliphatic heterocycles. The number of hydrogen-bond donors (Lipinski definition) is 1. The second-order valence-corrected chi connectivity index (χ2v) is 5.44. The maximum absolute atomic E-state index is 12.7. The zero-order valence-corrected chi connectivity index (χ0v) is 14.1. The predicted octanol–water partition coefficient (Wildman–Crippen LogP) is 2.68. The predicted molar refractivity (Wildman–Crippen MR) is 97.0 cm³/mol. The van der Waals surface area contributed by atoms with Gasteiger partial charge in [-0.05, 0) is 60.8 Å². The normalized spacial score (nSPS) is 16.6. The number of ether oxygens (including phenoxy) is 1. The van der Waals surface area contributed by atoms with Gasteiger partial charge in [0.1, 0.15) is 17.1 Å². The topological polar surface area (TPSA) is 71.8 Å². The first kappa shape index (κ1) is 16.7. The van der Waals surface area contributed by atoms with Crippen LogP contribution in [0, 0.1) is 0 Å². The minimum atomic E-state index is -0.538. The first-order valence-corrected chi connectivity index (χ1v) is 7.76. The molecule has 1 saturated heterocycles. The lowest BCUT2D eigenvalue weighted by Gasteiger charge is -2.28. The van der Waals surface area contributed by atoms with Gasteiger partial charge in [-0.2, -0.15) is 0 Å². The highest BCUT2D eigenvalue weighted by Gasteiger charge is 2.34. The molecule has 0 radical (unpaired) electrons. The molecule has 0 bridgehead atoms. The number of rotatable bonds is 4. The van der Waals surface area contributed by atoms with E-state index in [2.05, 4.69) is 5.32 Å². The quantitative estimate of drug-likeness (QED) is 0.519. The first-order valence-electron chi connectivity index (χ1n) is 7.36. The highest BCUT2D eigenvalue weighted by atomic mass is 32.1. The molecular weight excluding hydrogens is 340 g/mol. The molecule has 1 N–H and O–H groups in total. The monoisotopic (exact) mass is 354 g/mol. The van der Waals surface area contributed by atoms with Crippen molar-refractivity contribution in [3.8, 4) is 5.75 Å². The largest absolute Gasteiger partial charge is 0.497 e. The van der Waals surface area contributed by atoms with Crippen LogP contribution in [-0.2, 0) is 9.59 Å².